The summed E-state index contributed by atoms with van der Waals surface area (Å²) in [5.74, 6) is -5.00. The minimum absolute atomic E-state index is 0.0274. The van der Waals surface area contributed by atoms with Crippen molar-refractivity contribution in [3.05, 3.63) is 18.2 Å². The molecule has 16 nitrogen and oxygen atoms in total. The molecule has 0 aliphatic rings. The summed E-state index contributed by atoms with van der Waals surface area (Å²) < 4.78 is 0. The Balaban J connectivity index is 2.81. The highest BCUT2D eigenvalue weighted by Crippen LogP contribution is 2.04. The predicted octanol–water partition coefficient (Wildman–Crippen LogP) is -3.24. The molecule has 0 saturated carbocycles. The highest BCUT2D eigenvalue weighted by atomic mass is 16.4. The van der Waals surface area contributed by atoms with Gasteiger partial charge in [-0.2, -0.15) is 0 Å². The van der Waals surface area contributed by atoms with E-state index in [1.54, 1.807) is 0 Å². The molecule has 0 aliphatic carbocycles. The van der Waals surface area contributed by atoms with Crippen LogP contribution in [0, 0.1) is 0 Å². The molecule has 1 aromatic heterocycles. The molecule has 4 unspecified atom stereocenters. The van der Waals surface area contributed by atoms with E-state index in [1.807, 2.05) is 0 Å². The van der Waals surface area contributed by atoms with E-state index in [9.17, 15) is 29.1 Å². The minimum atomic E-state index is -1.48. The Morgan fingerprint density at radius 2 is 1.69 bits per heavy atom. The van der Waals surface area contributed by atoms with Crippen LogP contribution in [0.2, 0.25) is 0 Å². The van der Waals surface area contributed by atoms with Gasteiger partial charge < -0.3 is 48.3 Å². The second-order valence-electron chi connectivity index (χ2n) is 7.96. The molecule has 16 heteroatoms. The van der Waals surface area contributed by atoms with Crippen molar-refractivity contribution in [1.29, 1.82) is 0 Å². The maximum atomic E-state index is 12.8. The minimum Gasteiger partial charge on any atom is -0.481 e. The topological polar surface area (TPSA) is 281 Å². The third-order valence-corrected chi connectivity index (χ3v) is 4.92. The third kappa shape index (κ3) is 11.3. The van der Waals surface area contributed by atoms with Gasteiger partial charge in [0.05, 0.1) is 12.4 Å². The molecular formula is C20H33N9O7. The van der Waals surface area contributed by atoms with Crippen molar-refractivity contribution in [3.63, 3.8) is 0 Å². The second kappa shape index (κ2) is 14.9. The molecular weight excluding hydrogens is 478 g/mol. The maximum absolute atomic E-state index is 12.8. The summed E-state index contributed by atoms with van der Waals surface area (Å²) in [6.45, 7) is 1.52. The van der Waals surface area contributed by atoms with Crippen molar-refractivity contribution >= 4 is 35.6 Å². The Morgan fingerprint density at radius 3 is 2.25 bits per heavy atom. The van der Waals surface area contributed by atoms with Crippen molar-refractivity contribution in [2.24, 2.45) is 22.2 Å². The number of carbonyl (C=O) groups is 5. The van der Waals surface area contributed by atoms with Crippen molar-refractivity contribution in [3.8, 4) is 0 Å². The van der Waals surface area contributed by atoms with E-state index in [0.717, 1.165) is 0 Å². The summed E-state index contributed by atoms with van der Waals surface area (Å²) in [4.78, 5) is 70.4. The summed E-state index contributed by atoms with van der Waals surface area (Å²) in [5.41, 5.74) is 17.0. The lowest BCUT2D eigenvalue weighted by Crippen LogP contribution is -2.56. The van der Waals surface area contributed by atoms with Gasteiger partial charge in [0.1, 0.15) is 18.1 Å². The standard InChI is InChI=1S/C20H33N9O7/c1-10(27-17(33)12(21)7-11-8-24-9-26-11)16(32)28-13(3-2-6-25-20(22)23)18(34)29-14(19(35)36)4-5-15(30)31/h8-10,12-14H,2-7,21H2,1H3,(H,24,26)(H,27,33)(H,28,32)(H,29,34)(H,30,31)(H,35,36)(H4,22,23,25). The molecule has 1 aromatic rings. The second-order valence-corrected chi connectivity index (χ2v) is 7.96. The monoisotopic (exact) mass is 511 g/mol. The van der Waals surface area contributed by atoms with Crippen LogP contribution in [0.4, 0.5) is 0 Å². The van der Waals surface area contributed by atoms with E-state index in [0.29, 0.717) is 5.69 Å². The lowest BCUT2D eigenvalue weighted by molar-refractivity contribution is -0.143. The molecule has 0 spiro atoms. The zero-order chi connectivity index (χ0) is 27.3. The number of aliphatic carboxylic acids is 2. The van der Waals surface area contributed by atoms with Gasteiger partial charge in [-0.05, 0) is 26.2 Å². The number of amides is 3. The Hall–Kier alpha value is -4.21. The third-order valence-electron chi connectivity index (χ3n) is 4.92. The Kier molecular flexibility index (Phi) is 12.4. The number of hydrogen-bond acceptors (Lipinski definition) is 8. The van der Waals surface area contributed by atoms with Crippen LogP contribution in [0.15, 0.2) is 17.5 Å². The first-order valence-corrected chi connectivity index (χ1v) is 11.0. The predicted molar refractivity (Wildman–Crippen MR) is 126 cm³/mol. The average molecular weight is 512 g/mol. The van der Waals surface area contributed by atoms with E-state index < -0.39 is 60.2 Å². The van der Waals surface area contributed by atoms with Crippen LogP contribution in [0.5, 0.6) is 0 Å². The number of H-pyrrole nitrogens is 1. The number of imidazole rings is 1. The van der Waals surface area contributed by atoms with E-state index in [-0.39, 0.29) is 38.2 Å². The fourth-order valence-electron chi connectivity index (χ4n) is 2.98. The zero-order valence-corrected chi connectivity index (χ0v) is 19.8. The molecule has 4 atom stereocenters. The number of aromatic amines is 1. The molecule has 0 bridgehead atoms. The Morgan fingerprint density at radius 1 is 1.03 bits per heavy atom. The SMILES string of the molecule is CC(NC(=O)C(N)Cc1cnc[nH]1)C(=O)NC(CCCN=C(N)N)C(=O)NC(CCC(=O)O)C(=O)O. The van der Waals surface area contributed by atoms with Gasteiger partial charge in [0.15, 0.2) is 5.96 Å². The van der Waals surface area contributed by atoms with Gasteiger partial charge in [-0.1, -0.05) is 0 Å². The first kappa shape index (κ1) is 29.8. The van der Waals surface area contributed by atoms with Crippen LogP contribution in [0.25, 0.3) is 0 Å². The number of carboxylic acid groups (broad SMARTS) is 2. The Bertz CT molecular complexity index is 932. The number of aromatic nitrogens is 2. The van der Waals surface area contributed by atoms with Gasteiger partial charge in [0, 0.05) is 31.3 Å². The fraction of sp³-hybridized carbons (Fsp3) is 0.550. The molecule has 36 heavy (non-hydrogen) atoms. The number of carboxylic acids is 2. The van der Waals surface area contributed by atoms with Gasteiger partial charge in [0.2, 0.25) is 17.7 Å². The van der Waals surface area contributed by atoms with Crippen LogP contribution in [0.3, 0.4) is 0 Å². The number of aliphatic imine (C=N–C) groups is 1. The van der Waals surface area contributed by atoms with Crippen LogP contribution < -0.4 is 33.2 Å². The van der Waals surface area contributed by atoms with Gasteiger partial charge in [-0.15, -0.1) is 0 Å². The summed E-state index contributed by atoms with van der Waals surface area (Å²) in [6.07, 6.45) is 2.54. The molecule has 1 heterocycles. The molecule has 0 radical (unpaired) electrons. The lowest BCUT2D eigenvalue weighted by Gasteiger charge is -2.23. The normalized spacial score (nSPS) is 13.9. The van der Waals surface area contributed by atoms with E-state index in [4.69, 9.17) is 22.3 Å². The summed E-state index contributed by atoms with van der Waals surface area (Å²) in [6, 6.07) is -4.75. The average Bonchev–Trinajstić information content (AvgIpc) is 3.30. The van der Waals surface area contributed by atoms with Crippen LogP contribution in [-0.2, 0) is 30.4 Å². The van der Waals surface area contributed by atoms with Crippen LogP contribution >= 0.6 is 0 Å². The maximum Gasteiger partial charge on any atom is 0.326 e. The van der Waals surface area contributed by atoms with Gasteiger partial charge in [-0.25, -0.2) is 9.78 Å². The number of nitrogens with zero attached hydrogens (tertiary/aromatic N) is 2. The highest BCUT2D eigenvalue weighted by molar-refractivity contribution is 5.94. The highest BCUT2D eigenvalue weighted by Gasteiger charge is 2.29. The van der Waals surface area contributed by atoms with Crippen molar-refractivity contribution in [2.75, 3.05) is 6.54 Å². The fourth-order valence-corrected chi connectivity index (χ4v) is 2.98. The number of carbonyl (C=O) groups excluding carboxylic acids is 3. The quantitative estimate of drug-likeness (QED) is 0.0603. The van der Waals surface area contributed by atoms with Gasteiger partial charge in [-0.3, -0.25) is 24.2 Å². The number of guanidine groups is 1. The lowest BCUT2D eigenvalue weighted by atomic mass is 10.1. The van der Waals surface area contributed by atoms with E-state index in [2.05, 4.69) is 30.9 Å². The molecule has 3 amide bonds. The molecule has 200 valence electrons. The summed E-state index contributed by atoms with van der Waals surface area (Å²) in [5, 5.41) is 25.2. The van der Waals surface area contributed by atoms with Crippen LogP contribution in [0.1, 0.15) is 38.3 Å². The molecule has 0 fully saturated rings. The number of nitrogens with two attached hydrogens (primary N) is 3. The zero-order valence-electron chi connectivity index (χ0n) is 19.8. The summed E-state index contributed by atoms with van der Waals surface area (Å²) in [7, 11) is 0. The number of hydrogen-bond donors (Lipinski definition) is 9. The number of nitrogens with one attached hydrogen (secondary N) is 4. The molecule has 1 rings (SSSR count). The number of rotatable bonds is 16. The molecule has 0 aromatic carbocycles. The van der Waals surface area contributed by atoms with E-state index in [1.165, 1.54) is 19.4 Å². The van der Waals surface area contributed by atoms with Crippen LogP contribution in [-0.4, -0.2) is 86.5 Å². The first-order chi connectivity index (χ1) is 16.9. The summed E-state index contributed by atoms with van der Waals surface area (Å²) >= 11 is 0. The van der Waals surface area contributed by atoms with Crippen molar-refractivity contribution in [1.82, 2.24) is 25.9 Å². The van der Waals surface area contributed by atoms with Crippen molar-refractivity contribution < 1.29 is 34.2 Å². The molecule has 0 aliphatic heterocycles. The Labute approximate surface area is 206 Å². The molecule has 12 N–H and O–H groups in total. The van der Waals surface area contributed by atoms with E-state index >= 15 is 0 Å². The van der Waals surface area contributed by atoms with Gasteiger partial charge >= 0.3 is 11.9 Å². The smallest absolute Gasteiger partial charge is 0.326 e. The van der Waals surface area contributed by atoms with Crippen molar-refractivity contribution in [2.45, 2.75) is 63.2 Å². The first-order valence-electron chi connectivity index (χ1n) is 11.0. The molecule has 0 saturated heterocycles. The largest absolute Gasteiger partial charge is 0.481 e. The van der Waals surface area contributed by atoms with Gasteiger partial charge in [0.25, 0.3) is 0 Å².